The second-order valence-electron chi connectivity index (χ2n) is 6.89. The number of sulfonamides is 1. The van der Waals surface area contributed by atoms with Gasteiger partial charge in [0.05, 0.1) is 5.75 Å². The van der Waals surface area contributed by atoms with Crippen molar-refractivity contribution in [2.75, 3.05) is 26.2 Å². The molecule has 0 unspecified atom stereocenters. The van der Waals surface area contributed by atoms with E-state index in [2.05, 4.69) is 0 Å². The van der Waals surface area contributed by atoms with Gasteiger partial charge < -0.3 is 4.90 Å². The van der Waals surface area contributed by atoms with E-state index in [1.165, 1.54) is 0 Å². The maximum absolute atomic E-state index is 12.8. The number of nitrogens with zero attached hydrogens (tertiary/aromatic N) is 2. The van der Waals surface area contributed by atoms with Gasteiger partial charge in [-0.1, -0.05) is 30.7 Å². The fourth-order valence-electron chi connectivity index (χ4n) is 3.37. The minimum atomic E-state index is -3.35. The topological polar surface area (TPSA) is 57.7 Å². The lowest BCUT2D eigenvalue weighted by atomic mass is 9.84. The molecule has 1 aromatic rings. The molecule has 2 fully saturated rings. The van der Waals surface area contributed by atoms with Gasteiger partial charge in [-0.25, -0.2) is 8.42 Å². The van der Waals surface area contributed by atoms with Crippen LogP contribution in [0.3, 0.4) is 0 Å². The molecule has 6 heteroatoms. The molecule has 3 rings (SSSR count). The van der Waals surface area contributed by atoms with Crippen LogP contribution in [0.25, 0.3) is 0 Å². The lowest BCUT2D eigenvalue weighted by molar-refractivity contribution is -0.138. The summed E-state index contributed by atoms with van der Waals surface area (Å²) in [6.45, 7) is 4.04. The molecule has 0 spiro atoms. The van der Waals surface area contributed by atoms with Gasteiger partial charge in [0.15, 0.2) is 0 Å². The smallest absolute Gasteiger partial charge is 0.225 e. The molecule has 0 N–H and O–H groups in total. The Morgan fingerprint density at radius 1 is 1.08 bits per heavy atom. The van der Waals surface area contributed by atoms with Crippen molar-refractivity contribution >= 4 is 15.9 Å². The Labute approximate surface area is 144 Å². The largest absolute Gasteiger partial charge is 0.341 e. The van der Waals surface area contributed by atoms with Crippen molar-refractivity contribution in [1.82, 2.24) is 9.21 Å². The first kappa shape index (κ1) is 17.4. The van der Waals surface area contributed by atoms with Crippen molar-refractivity contribution < 1.29 is 13.2 Å². The number of aryl methyl sites for hydroxylation is 1. The summed E-state index contributed by atoms with van der Waals surface area (Å²) < 4.78 is 27.1. The van der Waals surface area contributed by atoms with Crippen LogP contribution in [-0.2, 0) is 20.6 Å². The molecule has 24 heavy (non-hydrogen) atoms. The molecule has 1 aliphatic carbocycles. The number of hydrogen-bond acceptors (Lipinski definition) is 3. The van der Waals surface area contributed by atoms with Gasteiger partial charge in [-0.2, -0.15) is 4.31 Å². The SMILES string of the molecule is Cc1ccccc1CS(=O)(=O)N1CCCN(C(=O)C2CCC2)CC1. The summed E-state index contributed by atoms with van der Waals surface area (Å²) in [5.41, 5.74) is 1.85. The van der Waals surface area contributed by atoms with Crippen LogP contribution in [0.5, 0.6) is 0 Å². The molecule has 0 bridgehead atoms. The van der Waals surface area contributed by atoms with Crippen LogP contribution in [0.15, 0.2) is 24.3 Å². The average Bonchev–Trinajstić information content (AvgIpc) is 2.74. The summed E-state index contributed by atoms with van der Waals surface area (Å²) in [5.74, 6) is 0.440. The third-order valence-corrected chi connectivity index (χ3v) is 7.04. The van der Waals surface area contributed by atoms with E-state index in [0.717, 1.165) is 30.4 Å². The molecule has 132 valence electrons. The Morgan fingerprint density at radius 2 is 1.83 bits per heavy atom. The first-order valence-corrected chi connectivity index (χ1v) is 10.4. The van der Waals surface area contributed by atoms with Crippen LogP contribution >= 0.6 is 0 Å². The standard InChI is InChI=1S/C18H26N2O3S/c1-15-6-2-3-7-17(15)14-24(22,23)20-11-5-10-19(12-13-20)18(21)16-8-4-9-16/h2-3,6-7,16H,4-5,8-14H2,1H3. The molecule has 1 aliphatic heterocycles. The summed E-state index contributed by atoms with van der Waals surface area (Å²) >= 11 is 0. The Kier molecular flexibility index (Phi) is 5.25. The van der Waals surface area contributed by atoms with Crippen LogP contribution in [0.1, 0.15) is 36.8 Å². The predicted molar refractivity (Wildman–Crippen MR) is 93.9 cm³/mol. The van der Waals surface area contributed by atoms with Crippen LogP contribution in [0, 0.1) is 12.8 Å². The monoisotopic (exact) mass is 350 g/mol. The fraction of sp³-hybridized carbons (Fsp3) is 0.611. The van der Waals surface area contributed by atoms with Gasteiger partial charge in [0, 0.05) is 32.1 Å². The molecule has 1 saturated carbocycles. The zero-order chi connectivity index (χ0) is 17.2. The summed E-state index contributed by atoms with van der Waals surface area (Å²) in [5, 5.41) is 0. The Hall–Kier alpha value is -1.40. The number of amides is 1. The van der Waals surface area contributed by atoms with E-state index in [1.54, 1.807) is 4.31 Å². The lowest BCUT2D eigenvalue weighted by Crippen LogP contribution is -2.41. The van der Waals surface area contributed by atoms with Gasteiger partial charge in [-0.3, -0.25) is 4.79 Å². The first-order valence-electron chi connectivity index (χ1n) is 8.78. The summed E-state index contributed by atoms with van der Waals surface area (Å²) in [6.07, 6.45) is 3.84. The van der Waals surface area contributed by atoms with Crippen molar-refractivity contribution in [3.05, 3.63) is 35.4 Å². The minimum Gasteiger partial charge on any atom is -0.341 e. The van der Waals surface area contributed by atoms with Crippen LogP contribution in [0.2, 0.25) is 0 Å². The number of rotatable bonds is 4. The van der Waals surface area contributed by atoms with E-state index < -0.39 is 10.0 Å². The molecule has 0 atom stereocenters. The highest BCUT2D eigenvalue weighted by Gasteiger charge is 2.32. The molecule has 1 heterocycles. The maximum atomic E-state index is 12.8. The van der Waals surface area contributed by atoms with Gasteiger partial charge >= 0.3 is 0 Å². The van der Waals surface area contributed by atoms with Crippen LogP contribution < -0.4 is 0 Å². The Morgan fingerprint density at radius 3 is 2.50 bits per heavy atom. The predicted octanol–water partition coefficient (Wildman–Crippen LogP) is 2.16. The molecule has 0 aromatic heterocycles. The van der Waals surface area contributed by atoms with Gasteiger partial charge in [-0.05, 0) is 37.3 Å². The molecule has 5 nitrogen and oxygen atoms in total. The van der Waals surface area contributed by atoms with Gasteiger partial charge in [-0.15, -0.1) is 0 Å². The van der Waals surface area contributed by atoms with Crippen molar-refractivity contribution in [3.63, 3.8) is 0 Å². The number of benzene rings is 1. The van der Waals surface area contributed by atoms with E-state index >= 15 is 0 Å². The normalized spacial score (nSPS) is 20.5. The average molecular weight is 350 g/mol. The lowest BCUT2D eigenvalue weighted by Gasteiger charge is -2.31. The quantitative estimate of drug-likeness (QED) is 0.836. The highest BCUT2D eigenvalue weighted by molar-refractivity contribution is 7.88. The molecule has 1 aromatic carbocycles. The van der Waals surface area contributed by atoms with Crippen LogP contribution in [-0.4, -0.2) is 49.7 Å². The molecular formula is C18H26N2O3S. The second kappa shape index (κ2) is 7.23. The van der Waals surface area contributed by atoms with Crippen molar-refractivity contribution in [2.24, 2.45) is 5.92 Å². The Bertz CT molecular complexity index is 698. The zero-order valence-corrected chi connectivity index (χ0v) is 15.1. The summed E-state index contributed by atoms with van der Waals surface area (Å²) in [4.78, 5) is 14.3. The van der Waals surface area contributed by atoms with Gasteiger partial charge in [0.1, 0.15) is 0 Å². The van der Waals surface area contributed by atoms with E-state index in [0.29, 0.717) is 32.6 Å². The third kappa shape index (κ3) is 3.81. The summed E-state index contributed by atoms with van der Waals surface area (Å²) in [6, 6.07) is 7.60. The highest BCUT2D eigenvalue weighted by Crippen LogP contribution is 2.28. The fourth-order valence-corrected chi connectivity index (χ4v) is 5.03. The number of hydrogen-bond donors (Lipinski definition) is 0. The number of carbonyl (C=O) groups excluding carboxylic acids is 1. The van der Waals surface area contributed by atoms with Gasteiger partial charge in [0.25, 0.3) is 0 Å². The number of carbonyl (C=O) groups is 1. The van der Waals surface area contributed by atoms with Crippen molar-refractivity contribution in [2.45, 2.75) is 38.4 Å². The third-order valence-electron chi connectivity index (χ3n) is 5.21. The molecule has 1 saturated heterocycles. The van der Waals surface area contributed by atoms with Gasteiger partial charge in [0.2, 0.25) is 15.9 Å². The summed E-state index contributed by atoms with van der Waals surface area (Å²) in [7, 11) is -3.35. The van der Waals surface area contributed by atoms with E-state index in [-0.39, 0.29) is 17.6 Å². The van der Waals surface area contributed by atoms with Crippen molar-refractivity contribution in [3.8, 4) is 0 Å². The first-order chi connectivity index (χ1) is 11.5. The minimum absolute atomic E-state index is 0.0379. The molecule has 0 radical (unpaired) electrons. The highest BCUT2D eigenvalue weighted by atomic mass is 32.2. The Balaban J connectivity index is 1.64. The molecular weight excluding hydrogens is 324 g/mol. The van der Waals surface area contributed by atoms with Crippen molar-refractivity contribution in [1.29, 1.82) is 0 Å². The maximum Gasteiger partial charge on any atom is 0.225 e. The van der Waals surface area contributed by atoms with E-state index in [4.69, 9.17) is 0 Å². The molecule has 2 aliphatic rings. The van der Waals surface area contributed by atoms with E-state index in [9.17, 15) is 13.2 Å². The zero-order valence-electron chi connectivity index (χ0n) is 14.3. The van der Waals surface area contributed by atoms with E-state index in [1.807, 2.05) is 36.1 Å². The molecule has 1 amide bonds. The second-order valence-corrected chi connectivity index (χ2v) is 8.86. The van der Waals surface area contributed by atoms with Crippen LogP contribution in [0.4, 0.5) is 0 Å².